The van der Waals surface area contributed by atoms with Gasteiger partial charge in [-0.15, -0.1) is 0 Å². The number of nitrogens with one attached hydrogen (secondary N) is 2. The number of hydrogen-bond acceptors (Lipinski definition) is 3. The minimum Gasteiger partial charge on any atom is -0.397 e. The number of halogens is 1. The summed E-state index contributed by atoms with van der Waals surface area (Å²) >= 11 is 3.29. The SMILES string of the molecule is N#Cc1ccc(Br)cc1NC(=O)c1cc(N)c[nH]1. The number of nitrogens with two attached hydrogens (primary N) is 1. The van der Waals surface area contributed by atoms with Gasteiger partial charge in [0.2, 0.25) is 0 Å². The van der Waals surface area contributed by atoms with Gasteiger partial charge in [0.15, 0.2) is 0 Å². The molecule has 90 valence electrons. The van der Waals surface area contributed by atoms with E-state index in [1.807, 2.05) is 6.07 Å². The van der Waals surface area contributed by atoms with Gasteiger partial charge in [-0.05, 0) is 24.3 Å². The predicted octanol–water partition coefficient (Wildman–Crippen LogP) is 2.48. The third-order valence-corrected chi connectivity index (χ3v) is 2.79. The standard InChI is InChI=1S/C12H9BrN4O/c13-8-2-1-7(5-14)10(3-8)17-12(18)11-4-9(15)6-16-11/h1-4,6,16H,15H2,(H,17,18). The van der Waals surface area contributed by atoms with Crippen LogP contribution in [0.2, 0.25) is 0 Å². The zero-order valence-electron chi connectivity index (χ0n) is 9.20. The summed E-state index contributed by atoms with van der Waals surface area (Å²) in [5.74, 6) is -0.346. The van der Waals surface area contributed by atoms with Crippen molar-refractivity contribution in [3.63, 3.8) is 0 Å². The van der Waals surface area contributed by atoms with Gasteiger partial charge in [-0.25, -0.2) is 0 Å². The van der Waals surface area contributed by atoms with Crippen LogP contribution in [-0.2, 0) is 0 Å². The highest BCUT2D eigenvalue weighted by Gasteiger charge is 2.11. The average Bonchev–Trinajstić information content (AvgIpc) is 2.76. The van der Waals surface area contributed by atoms with Crippen molar-refractivity contribution in [2.24, 2.45) is 0 Å². The van der Waals surface area contributed by atoms with E-state index in [9.17, 15) is 4.79 Å². The number of nitriles is 1. The van der Waals surface area contributed by atoms with Crippen molar-refractivity contribution < 1.29 is 4.79 Å². The predicted molar refractivity (Wildman–Crippen MR) is 72.0 cm³/mol. The maximum atomic E-state index is 11.9. The van der Waals surface area contributed by atoms with Crippen LogP contribution in [0.25, 0.3) is 0 Å². The zero-order chi connectivity index (χ0) is 13.1. The molecule has 0 aliphatic heterocycles. The minimum atomic E-state index is -0.346. The van der Waals surface area contributed by atoms with Crippen molar-refractivity contribution in [2.75, 3.05) is 11.1 Å². The number of carbonyl (C=O) groups is 1. The van der Waals surface area contributed by atoms with Gasteiger partial charge in [0.05, 0.1) is 11.3 Å². The Morgan fingerprint density at radius 1 is 1.44 bits per heavy atom. The van der Waals surface area contributed by atoms with Crippen LogP contribution < -0.4 is 11.1 Å². The molecule has 0 fully saturated rings. The molecule has 18 heavy (non-hydrogen) atoms. The molecule has 0 aliphatic carbocycles. The first-order valence-electron chi connectivity index (χ1n) is 5.05. The maximum absolute atomic E-state index is 11.9. The fraction of sp³-hybridized carbons (Fsp3) is 0. The number of aromatic amines is 1. The van der Waals surface area contributed by atoms with E-state index >= 15 is 0 Å². The number of anilines is 2. The maximum Gasteiger partial charge on any atom is 0.272 e. The molecule has 4 N–H and O–H groups in total. The van der Waals surface area contributed by atoms with E-state index in [2.05, 4.69) is 26.2 Å². The third kappa shape index (κ3) is 2.52. The molecule has 6 heteroatoms. The molecular weight excluding hydrogens is 296 g/mol. The van der Waals surface area contributed by atoms with Crippen LogP contribution >= 0.6 is 15.9 Å². The Morgan fingerprint density at radius 3 is 2.83 bits per heavy atom. The highest BCUT2D eigenvalue weighted by Crippen LogP contribution is 2.21. The van der Waals surface area contributed by atoms with Gasteiger partial charge in [0, 0.05) is 16.4 Å². The van der Waals surface area contributed by atoms with E-state index in [-0.39, 0.29) is 5.91 Å². The van der Waals surface area contributed by atoms with Gasteiger partial charge in [0.1, 0.15) is 11.8 Å². The number of H-pyrrole nitrogens is 1. The van der Waals surface area contributed by atoms with Crippen molar-refractivity contribution in [3.05, 3.63) is 46.2 Å². The Labute approximate surface area is 112 Å². The van der Waals surface area contributed by atoms with Crippen molar-refractivity contribution in [3.8, 4) is 6.07 Å². The van der Waals surface area contributed by atoms with Crippen molar-refractivity contribution in [1.82, 2.24) is 4.98 Å². The average molecular weight is 305 g/mol. The molecule has 0 aliphatic rings. The van der Waals surface area contributed by atoms with Crippen molar-refractivity contribution >= 4 is 33.2 Å². The van der Waals surface area contributed by atoms with Gasteiger partial charge in [-0.2, -0.15) is 5.26 Å². The van der Waals surface area contributed by atoms with Crippen LogP contribution in [0, 0.1) is 11.3 Å². The lowest BCUT2D eigenvalue weighted by Crippen LogP contribution is -2.13. The number of nitrogen functional groups attached to an aromatic ring is 1. The second kappa shape index (κ2) is 4.94. The second-order valence-electron chi connectivity index (χ2n) is 3.60. The number of aromatic nitrogens is 1. The van der Waals surface area contributed by atoms with Crippen LogP contribution in [0.1, 0.15) is 16.1 Å². The van der Waals surface area contributed by atoms with Gasteiger partial charge in [-0.1, -0.05) is 15.9 Å². The van der Waals surface area contributed by atoms with Crippen LogP contribution in [0.3, 0.4) is 0 Å². The Morgan fingerprint density at radius 2 is 2.22 bits per heavy atom. The molecule has 1 heterocycles. The molecule has 0 saturated carbocycles. The summed E-state index contributed by atoms with van der Waals surface area (Å²) in [6.07, 6.45) is 1.53. The van der Waals surface area contributed by atoms with E-state index in [4.69, 9.17) is 11.0 Å². The van der Waals surface area contributed by atoms with Crippen LogP contribution in [0.5, 0.6) is 0 Å². The Kier molecular flexibility index (Phi) is 3.35. The van der Waals surface area contributed by atoms with Crippen LogP contribution in [0.15, 0.2) is 34.9 Å². The molecule has 2 rings (SSSR count). The largest absolute Gasteiger partial charge is 0.397 e. The van der Waals surface area contributed by atoms with Gasteiger partial charge in [0.25, 0.3) is 5.91 Å². The molecule has 1 aromatic carbocycles. The molecule has 1 amide bonds. The van der Waals surface area contributed by atoms with E-state index in [0.717, 1.165) is 4.47 Å². The van der Waals surface area contributed by atoms with Crippen molar-refractivity contribution in [2.45, 2.75) is 0 Å². The van der Waals surface area contributed by atoms with E-state index in [1.54, 1.807) is 18.2 Å². The number of benzene rings is 1. The number of nitrogens with zero attached hydrogens (tertiary/aromatic N) is 1. The fourth-order valence-corrected chi connectivity index (χ4v) is 1.81. The second-order valence-corrected chi connectivity index (χ2v) is 4.52. The first kappa shape index (κ1) is 12.2. The Balaban J connectivity index is 2.27. The number of rotatable bonds is 2. The quantitative estimate of drug-likeness (QED) is 0.795. The lowest BCUT2D eigenvalue weighted by Gasteiger charge is -2.06. The smallest absolute Gasteiger partial charge is 0.272 e. The number of carbonyl (C=O) groups excluding carboxylic acids is 1. The van der Waals surface area contributed by atoms with Crippen LogP contribution in [-0.4, -0.2) is 10.9 Å². The highest BCUT2D eigenvalue weighted by atomic mass is 79.9. The molecule has 0 unspecified atom stereocenters. The molecular formula is C12H9BrN4O. The monoisotopic (exact) mass is 304 g/mol. The number of hydrogen-bond donors (Lipinski definition) is 3. The highest BCUT2D eigenvalue weighted by molar-refractivity contribution is 9.10. The lowest BCUT2D eigenvalue weighted by molar-refractivity contribution is 0.102. The number of amides is 1. The molecule has 2 aromatic rings. The molecule has 0 saturated heterocycles. The summed E-state index contributed by atoms with van der Waals surface area (Å²) in [4.78, 5) is 14.6. The van der Waals surface area contributed by atoms with Gasteiger partial charge >= 0.3 is 0 Å². The molecule has 0 bridgehead atoms. The Hall–Kier alpha value is -2.26. The summed E-state index contributed by atoms with van der Waals surface area (Å²) in [7, 11) is 0. The first-order chi connectivity index (χ1) is 8.60. The van der Waals surface area contributed by atoms with E-state index in [1.165, 1.54) is 12.3 Å². The van der Waals surface area contributed by atoms with E-state index in [0.29, 0.717) is 22.6 Å². The molecule has 0 radical (unpaired) electrons. The summed E-state index contributed by atoms with van der Waals surface area (Å²) < 4.78 is 0.780. The third-order valence-electron chi connectivity index (χ3n) is 2.30. The summed E-state index contributed by atoms with van der Waals surface area (Å²) in [5, 5.41) is 11.6. The summed E-state index contributed by atoms with van der Waals surface area (Å²) in [6, 6.07) is 8.58. The molecule has 5 nitrogen and oxygen atoms in total. The normalized spacial score (nSPS) is 9.78. The molecule has 1 aromatic heterocycles. The zero-order valence-corrected chi connectivity index (χ0v) is 10.8. The summed E-state index contributed by atoms with van der Waals surface area (Å²) in [5.41, 5.74) is 7.19. The molecule has 0 atom stereocenters. The molecule has 0 spiro atoms. The summed E-state index contributed by atoms with van der Waals surface area (Å²) in [6.45, 7) is 0. The van der Waals surface area contributed by atoms with Gasteiger partial charge in [-0.3, -0.25) is 4.79 Å². The lowest BCUT2D eigenvalue weighted by atomic mass is 10.2. The van der Waals surface area contributed by atoms with Crippen LogP contribution in [0.4, 0.5) is 11.4 Å². The van der Waals surface area contributed by atoms with Crippen molar-refractivity contribution in [1.29, 1.82) is 5.26 Å². The minimum absolute atomic E-state index is 0.344. The first-order valence-corrected chi connectivity index (χ1v) is 5.84. The van der Waals surface area contributed by atoms with E-state index < -0.39 is 0 Å². The fourth-order valence-electron chi connectivity index (χ4n) is 1.45. The van der Waals surface area contributed by atoms with Gasteiger partial charge < -0.3 is 16.0 Å². The topological polar surface area (TPSA) is 94.7 Å². The Bertz CT molecular complexity index is 642.